The minimum absolute atomic E-state index is 0.0397. The van der Waals surface area contributed by atoms with Gasteiger partial charge in [-0.3, -0.25) is 4.79 Å². The number of hydrogen-bond donors (Lipinski definition) is 1. The molecule has 0 saturated carbocycles. The van der Waals surface area contributed by atoms with Gasteiger partial charge in [-0.05, 0) is 47.4 Å². The van der Waals surface area contributed by atoms with Crippen LogP contribution in [0, 0.1) is 0 Å². The molecule has 0 aliphatic heterocycles. The Morgan fingerprint density at radius 3 is 1.67 bits per heavy atom. The zero-order chi connectivity index (χ0) is 26.6. The fourth-order valence-corrected chi connectivity index (χ4v) is 4.41. The molecule has 36 heavy (non-hydrogen) atoms. The first-order valence-electron chi connectivity index (χ1n) is 11.6. The lowest BCUT2D eigenvalue weighted by molar-refractivity contribution is -0.138. The van der Waals surface area contributed by atoms with Gasteiger partial charge >= 0.3 is 12.4 Å². The van der Waals surface area contributed by atoms with Crippen molar-refractivity contribution in [3.8, 4) is 0 Å². The van der Waals surface area contributed by atoms with E-state index in [-0.39, 0.29) is 17.5 Å². The van der Waals surface area contributed by atoms with E-state index in [2.05, 4.69) is 5.32 Å². The highest BCUT2D eigenvalue weighted by Gasteiger charge is 2.44. The molecule has 3 aromatic carbocycles. The van der Waals surface area contributed by atoms with Crippen LogP contribution in [0.5, 0.6) is 0 Å². The van der Waals surface area contributed by atoms with Gasteiger partial charge in [0.2, 0.25) is 5.91 Å². The number of unbranched alkanes of at least 4 members (excludes halogenated alkanes) is 1. The first-order chi connectivity index (χ1) is 16.9. The van der Waals surface area contributed by atoms with Crippen molar-refractivity contribution in [3.05, 3.63) is 107 Å². The molecule has 0 radical (unpaired) electrons. The monoisotopic (exact) mass is 507 g/mol. The molecule has 1 unspecified atom stereocenters. The fourth-order valence-electron chi connectivity index (χ4n) is 4.41. The molecule has 0 heterocycles. The molecule has 192 valence electrons. The highest BCUT2D eigenvalue weighted by molar-refractivity contribution is 5.78. The first kappa shape index (κ1) is 27.3. The largest absolute Gasteiger partial charge is 0.416 e. The minimum Gasteiger partial charge on any atom is -0.342 e. The van der Waals surface area contributed by atoms with E-state index >= 15 is 0 Å². The van der Waals surface area contributed by atoms with E-state index < -0.39 is 40.8 Å². The Labute approximate surface area is 206 Å². The van der Waals surface area contributed by atoms with Crippen LogP contribution in [0.25, 0.3) is 0 Å². The number of hydrogen-bond acceptors (Lipinski definition) is 1. The number of alkyl halides is 6. The molecule has 0 bridgehead atoms. The summed E-state index contributed by atoms with van der Waals surface area (Å²) in [7, 11) is 0. The van der Waals surface area contributed by atoms with Gasteiger partial charge < -0.3 is 5.32 Å². The second kappa shape index (κ2) is 10.8. The van der Waals surface area contributed by atoms with Crippen LogP contribution in [0.2, 0.25) is 0 Å². The van der Waals surface area contributed by atoms with Gasteiger partial charge in [-0.15, -0.1) is 0 Å². The maximum Gasteiger partial charge on any atom is 0.416 e. The van der Waals surface area contributed by atoms with E-state index in [9.17, 15) is 31.1 Å². The van der Waals surface area contributed by atoms with Crippen molar-refractivity contribution in [2.45, 2.75) is 56.9 Å². The molecule has 0 aliphatic carbocycles. The summed E-state index contributed by atoms with van der Waals surface area (Å²) in [5, 5.41) is 2.88. The van der Waals surface area contributed by atoms with Crippen LogP contribution in [0.3, 0.4) is 0 Å². The predicted octanol–water partition coefficient (Wildman–Crippen LogP) is 8.08. The number of rotatable bonds is 8. The highest BCUT2D eigenvalue weighted by Crippen LogP contribution is 2.45. The van der Waals surface area contributed by atoms with Crippen LogP contribution in [0.15, 0.2) is 78.9 Å². The summed E-state index contributed by atoms with van der Waals surface area (Å²) in [5.41, 5.74) is -2.91. The molecule has 3 aromatic rings. The van der Waals surface area contributed by atoms with E-state index in [1.54, 1.807) is 37.3 Å². The van der Waals surface area contributed by atoms with Gasteiger partial charge in [0.25, 0.3) is 0 Å². The van der Waals surface area contributed by atoms with E-state index in [0.717, 1.165) is 24.3 Å². The van der Waals surface area contributed by atoms with Crippen LogP contribution in [-0.2, 0) is 22.7 Å². The van der Waals surface area contributed by atoms with Gasteiger partial charge in [-0.2, -0.15) is 26.3 Å². The molecular weight excluding hydrogens is 480 g/mol. The molecule has 3 rings (SSSR count). The Hall–Kier alpha value is -3.29. The SMILES string of the molecule is CCCCC(=O)NC(c1cccc(C(F)(F)F)c1)(c1cccc(C(F)(F)F)c1)C(C)c1ccccc1. The Kier molecular flexibility index (Phi) is 8.16. The van der Waals surface area contributed by atoms with Crippen LogP contribution in [0.1, 0.15) is 66.8 Å². The van der Waals surface area contributed by atoms with Crippen molar-refractivity contribution in [2.75, 3.05) is 0 Å². The van der Waals surface area contributed by atoms with Gasteiger partial charge in [0, 0.05) is 12.3 Å². The standard InChI is InChI=1S/C28H27F6NO/c1-3-4-16-25(36)35-26(19(2)20-10-6-5-7-11-20,21-12-8-14-23(17-21)27(29,30)31)22-13-9-15-24(18-22)28(32,33)34/h5-15,17-19H,3-4,16H2,1-2H3,(H,35,36). The minimum atomic E-state index is -4.68. The summed E-state index contributed by atoms with van der Waals surface area (Å²) in [4.78, 5) is 13.1. The van der Waals surface area contributed by atoms with Crippen LogP contribution < -0.4 is 5.32 Å². The van der Waals surface area contributed by atoms with Gasteiger partial charge in [-0.1, -0.05) is 74.9 Å². The summed E-state index contributed by atoms with van der Waals surface area (Å²) in [6.07, 6.45) is -8.07. The number of amides is 1. The Bertz CT molecular complexity index is 1110. The Balaban J connectivity index is 2.37. The van der Waals surface area contributed by atoms with E-state index in [1.165, 1.54) is 24.3 Å². The van der Waals surface area contributed by atoms with Crippen LogP contribution >= 0.6 is 0 Å². The third-order valence-electron chi connectivity index (χ3n) is 6.33. The summed E-state index contributed by atoms with van der Waals surface area (Å²) in [6.45, 7) is 3.57. The van der Waals surface area contributed by atoms with Gasteiger partial charge in [0.1, 0.15) is 0 Å². The molecule has 1 atom stereocenters. The maximum atomic E-state index is 13.7. The normalized spacial score (nSPS) is 13.3. The smallest absolute Gasteiger partial charge is 0.342 e. The molecule has 2 nitrogen and oxygen atoms in total. The third-order valence-corrected chi connectivity index (χ3v) is 6.33. The van der Waals surface area contributed by atoms with Crippen molar-refractivity contribution in [3.63, 3.8) is 0 Å². The van der Waals surface area contributed by atoms with Crippen molar-refractivity contribution in [1.29, 1.82) is 0 Å². The predicted molar refractivity (Wildman–Crippen MR) is 126 cm³/mol. The van der Waals surface area contributed by atoms with E-state index in [1.807, 2.05) is 6.92 Å². The van der Waals surface area contributed by atoms with Crippen molar-refractivity contribution in [1.82, 2.24) is 5.32 Å². The average molecular weight is 508 g/mol. The molecule has 1 N–H and O–H groups in total. The quantitative estimate of drug-likeness (QED) is 0.307. The molecule has 8 heteroatoms. The summed E-state index contributed by atoms with van der Waals surface area (Å²) < 4.78 is 82.2. The molecule has 0 aromatic heterocycles. The van der Waals surface area contributed by atoms with Crippen molar-refractivity contribution in [2.24, 2.45) is 0 Å². The second-order valence-corrected chi connectivity index (χ2v) is 8.75. The lowest BCUT2D eigenvalue weighted by atomic mass is 9.70. The number of nitrogens with one attached hydrogen (secondary N) is 1. The van der Waals surface area contributed by atoms with Gasteiger partial charge in [0.15, 0.2) is 0 Å². The number of carbonyl (C=O) groups excluding carboxylic acids is 1. The molecule has 0 aliphatic rings. The lowest BCUT2D eigenvalue weighted by Gasteiger charge is -2.42. The lowest BCUT2D eigenvalue weighted by Crippen LogP contribution is -2.50. The number of carbonyl (C=O) groups is 1. The van der Waals surface area contributed by atoms with Gasteiger partial charge in [0.05, 0.1) is 16.7 Å². The fraction of sp³-hybridized carbons (Fsp3) is 0.321. The molecule has 1 amide bonds. The molecule has 0 fully saturated rings. The number of benzene rings is 3. The summed E-state index contributed by atoms with van der Waals surface area (Å²) in [6, 6.07) is 17.5. The average Bonchev–Trinajstić information content (AvgIpc) is 2.85. The number of halogens is 6. The summed E-state index contributed by atoms with van der Waals surface area (Å²) in [5.74, 6) is -1.19. The molecular formula is C28H27F6NO. The van der Waals surface area contributed by atoms with Crippen LogP contribution in [0.4, 0.5) is 26.3 Å². The van der Waals surface area contributed by atoms with Crippen LogP contribution in [-0.4, -0.2) is 5.91 Å². The Morgan fingerprint density at radius 2 is 1.22 bits per heavy atom. The molecule has 0 saturated heterocycles. The third kappa shape index (κ3) is 5.91. The molecule has 0 spiro atoms. The highest BCUT2D eigenvalue weighted by atomic mass is 19.4. The van der Waals surface area contributed by atoms with Crippen molar-refractivity contribution < 1.29 is 31.1 Å². The Morgan fingerprint density at radius 1 is 0.750 bits per heavy atom. The zero-order valence-electron chi connectivity index (χ0n) is 19.9. The summed E-state index contributed by atoms with van der Waals surface area (Å²) >= 11 is 0. The van der Waals surface area contributed by atoms with E-state index in [4.69, 9.17) is 0 Å². The van der Waals surface area contributed by atoms with Gasteiger partial charge in [-0.25, -0.2) is 0 Å². The first-order valence-corrected chi connectivity index (χ1v) is 11.6. The maximum absolute atomic E-state index is 13.7. The van der Waals surface area contributed by atoms with Crippen molar-refractivity contribution >= 4 is 5.91 Å². The van der Waals surface area contributed by atoms with E-state index in [0.29, 0.717) is 18.4 Å². The zero-order valence-corrected chi connectivity index (χ0v) is 19.9. The topological polar surface area (TPSA) is 29.1 Å². The second-order valence-electron chi connectivity index (χ2n) is 8.75.